The van der Waals surface area contributed by atoms with Gasteiger partial charge in [0.25, 0.3) is 0 Å². The fraction of sp³-hybridized carbons (Fsp3) is 0. The third-order valence-corrected chi connectivity index (χ3v) is 5.51. The number of rotatable bonds is 2. The zero-order chi connectivity index (χ0) is 27.8. The molecule has 0 aliphatic heterocycles. The van der Waals surface area contributed by atoms with Crippen LogP contribution in [-0.4, -0.2) is 0 Å². The second-order valence-electron chi connectivity index (χ2n) is 7.37. The van der Waals surface area contributed by atoms with Crippen molar-refractivity contribution in [3.05, 3.63) is 103 Å². The second kappa shape index (κ2) is 10.8. The van der Waals surface area contributed by atoms with Gasteiger partial charge in [-0.2, -0.15) is 47.4 Å². The molecule has 0 fully saturated rings. The molecule has 0 saturated heterocycles. The average Bonchev–Trinajstić information content (AvgIpc) is 2.97. The smallest absolute Gasteiger partial charge is 0.101 e. The lowest BCUT2D eigenvalue weighted by Gasteiger charge is -2.08. The summed E-state index contributed by atoms with van der Waals surface area (Å²) in [6.07, 6.45) is 0. The molecule has 0 aromatic heterocycles. The van der Waals surface area contributed by atoms with E-state index in [2.05, 4.69) is 0 Å². The molecule has 0 radical (unpaired) electrons. The van der Waals surface area contributed by atoms with Crippen molar-refractivity contribution in [2.24, 2.45) is 0 Å². The zero-order valence-electron chi connectivity index (χ0n) is 19.1. The number of hydrogen-bond acceptors (Lipinski definition) is 9. The first-order valence-electron chi connectivity index (χ1n) is 10.3. The highest BCUT2D eigenvalue weighted by molar-refractivity contribution is 5.83. The van der Waals surface area contributed by atoms with E-state index in [0.717, 1.165) is 0 Å². The van der Waals surface area contributed by atoms with Crippen LogP contribution < -0.4 is 10.4 Å². The molecule has 0 atom stereocenters. The summed E-state index contributed by atoms with van der Waals surface area (Å²) in [6.45, 7) is 0. The number of nitriles is 9. The van der Waals surface area contributed by atoms with E-state index in [0.29, 0.717) is 0 Å². The summed E-state index contributed by atoms with van der Waals surface area (Å²) in [5, 5.41) is 86.8. The van der Waals surface area contributed by atoms with Crippen LogP contribution in [-0.2, 0) is 0 Å². The molecule has 3 rings (SSSR count). The van der Waals surface area contributed by atoms with Crippen molar-refractivity contribution < 1.29 is 0 Å². The molecule has 0 saturated carbocycles. The van der Waals surface area contributed by atoms with Gasteiger partial charge in [-0.1, -0.05) is 12.1 Å². The molecule has 0 aliphatic rings. The lowest BCUT2D eigenvalue weighted by molar-refractivity contribution is 1.32. The minimum atomic E-state index is -0.345. The fourth-order valence-electron chi connectivity index (χ4n) is 3.78. The molecular formula is C29H7N9. The number of benzene rings is 3. The van der Waals surface area contributed by atoms with Crippen molar-refractivity contribution in [2.75, 3.05) is 0 Å². The second-order valence-corrected chi connectivity index (χ2v) is 7.37. The topological polar surface area (TPSA) is 214 Å². The van der Waals surface area contributed by atoms with Crippen molar-refractivity contribution in [3.8, 4) is 54.6 Å². The Labute approximate surface area is 216 Å². The van der Waals surface area contributed by atoms with Crippen LogP contribution in [0.25, 0.3) is 11.1 Å². The molecule has 9 heteroatoms. The van der Waals surface area contributed by atoms with Crippen LogP contribution in [0.5, 0.6) is 0 Å². The Morgan fingerprint density at radius 1 is 0.421 bits per heavy atom. The molecule has 0 N–H and O–H groups in total. The highest BCUT2D eigenvalue weighted by Crippen LogP contribution is 2.19. The summed E-state index contributed by atoms with van der Waals surface area (Å²) in [4.78, 5) is 0. The largest absolute Gasteiger partial charge is 0.192 e. The monoisotopic (exact) mass is 481 g/mol. The minimum Gasteiger partial charge on any atom is -0.192 e. The SMILES string of the molecule is N#C/C(c1ccc(C#N)c(C#N)c1)=c1\cc(C#N)/c(=C(\C#N)c2ccc(C#N)c(C#N)c2)c(C#N)c1C#N. The normalized spacial score (nSPS) is 10.7. The maximum Gasteiger partial charge on any atom is 0.101 e. The van der Waals surface area contributed by atoms with Crippen molar-refractivity contribution in [3.63, 3.8) is 0 Å². The molecule has 0 heterocycles. The Bertz CT molecular complexity index is 2070. The molecule has 38 heavy (non-hydrogen) atoms. The van der Waals surface area contributed by atoms with Crippen molar-refractivity contribution in [1.82, 2.24) is 0 Å². The first-order chi connectivity index (χ1) is 18.5. The Hall–Kier alpha value is -7.19. The van der Waals surface area contributed by atoms with E-state index in [1.807, 2.05) is 54.6 Å². The summed E-state index contributed by atoms with van der Waals surface area (Å²) in [7, 11) is 0. The maximum atomic E-state index is 10.0. The summed E-state index contributed by atoms with van der Waals surface area (Å²) in [6, 6.07) is 26.1. The Morgan fingerprint density at radius 3 is 1.26 bits per heavy atom. The van der Waals surface area contributed by atoms with Crippen LogP contribution in [0, 0.1) is 102 Å². The summed E-state index contributed by atoms with van der Waals surface area (Å²) in [5.41, 5.74) is -0.733. The van der Waals surface area contributed by atoms with E-state index < -0.39 is 0 Å². The van der Waals surface area contributed by atoms with Crippen LogP contribution in [0.3, 0.4) is 0 Å². The van der Waals surface area contributed by atoms with Gasteiger partial charge in [0.15, 0.2) is 0 Å². The first kappa shape index (κ1) is 25.4. The highest BCUT2D eigenvalue weighted by Gasteiger charge is 2.19. The van der Waals surface area contributed by atoms with E-state index >= 15 is 0 Å². The Morgan fingerprint density at radius 2 is 0.868 bits per heavy atom. The van der Waals surface area contributed by atoms with Gasteiger partial charge in [0.05, 0.1) is 56.2 Å². The number of nitrogens with zero attached hydrogens (tertiary/aromatic N) is 9. The highest BCUT2D eigenvalue weighted by atomic mass is 14.3. The van der Waals surface area contributed by atoms with Gasteiger partial charge >= 0.3 is 0 Å². The molecule has 0 aliphatic carbocycles. The van der Waals surface area contributed by atoms with Crippen molar-refractivity contribution in [1.29, 1.82) is 47.4 Å². The Balaban J connectivity index is 2.62. The van der Waals surface area contributed by atoms with Gasteiger partial charge in [-0.05, 0) is 41.5 Å². The van der Waals surface area contributed by atoms with E-state index in [9.17, 15) is 47.4 Å². The Kier molecular flexibility index (Phi) is 7.24. The van der Waals surface area contributed by atoms with E-state index in [1.54, 1.807) is 0 Å². The fourth-order valence-corrected chi connectivity index (χ4v) is 3.78. The van der Waals surface area contributed by atoms with Gasteiger partial charge in [-0.15, -0.1) is 0 Å². The van der Waals surface area contributed by atoms with Crippen LogP contribution in [0.1, 0.15) is 50.1 Å². The lowest BCUT2D eigenvalue weighted by Crippen LogP contribution is -2.26. The molecule has 3 aromatic rings. The minimum absolute atomic E-state index is 0.0110. The molecule has 9 nitrogen and oxygen atoms in total. The third kappa shape index (κ3) is 4.20. The summed E-state index contributed by atoms with van der Waals surface area (Å²) >= 11 is 0. The van der Waals surface area contributed by atoms with E-state index in [1.165, 1.54) is 42.5 Å². The lowest BCUT2D eigenvalue weighted by atomic mass is 9.90. The average molecular weight is 481 g/mol. The molecule has 0 spiro atoms. The third-order valence-electron chi connectivity index (χ3n) is 5.51. The van der Waals surface area contributed by atoms with Crippen LogP contribution >= 0.6 is 0 Å². The first-order valence-corrected chi connectivity index (χ1v) is 10.3. The molecule has 0 unspecified atom stereocenters. The summed E-state index contributed by atoms with van der Waals surface area (Å²) in [5.74, 6) is 0. The molecule has 168 valence electrons. The predicted molar refractivity (Wildman–Crippen MR) is 128 cm³/mol. The van der Waals surface area contributed by atoms with Crippen molar-refractivity contribution in [2.45, 2.75) is 0 Å². The van der Waals surface area contributed by atoms with Gasteiger partial charge in [0.2, 0.25) is 0 Å². The molecule has 3 aromatic carbocycles. The van der Waals surface area contributed by atoms with E-state index in [4.69, 9.17) is 0 Å². The van der Waals surface area contributed by atoms with Gasteiger partial charge in [-0.3, -0.25) is 0 Å². The molecule has 0 amide bonds. The van der Waals surface area contributed by atoms with Crippen LogP contribution in [0.15, 0.2) is 42.5 Å². The van der Waals surface area contributed by atoms with Crippen LogP contribution in [0.2, 0.25) is 0 Å². The quantitative estimate of drug-likeness (QED) is 0.523. The maximum absolute atomic E-state index is 10.0. The van der Waals surface area contributed by atoms with Crippen LogP contribution in [0.4, 0.5) is 0 Å². The van der Waals surface area contributed by atoms with Gasteiger partial charge < -0.3 is 0 Å². The van der Waals surface area contributed by atoms with Gasteiger partial charge in [0.1, 0.15) is 48.6 Å². The zero-order valence-corrected chi connectivity index (χ0v) is 19.1. The molecular weight excluding hydrogens is 474 g/mol. The molecule has 0 bridgehead atoms. The van der Waals surface area contributed by atoms with E-state index in [-0.39, 0.29) is 71.7 Å². The standard InChI is InChI=1S/C29H7N9/c30-8-19-3-1-17(5-21(19)10-32)25(13-35)24-7-23(12-34)29(28(16-38)27(24)15-37)26(14-36)18-2-4-20(9-31)22(6-18)11-33/h1-7H/b25-24-,29-26-. The number of hydrogen-bond donors (Lipinski definition) is 0. The van der Waals surface area contributed by atoms with Crippen molar-refractivity contribution >= 4 is 11.1 Å². The van der Waals surface area contributed by atoms with Gasteiger partial charge in [0, 0.05) is 10.4 Å². The summed E-state index contributed by atoms with van der Waals surface area (Å²) < 4.78 is 0. The van der Waals surface area contributed by atoms with Gasteiger partial charge in [-0.25, -0.2) is 0 Å². The predicted octanol–water partition coefficient (Wildman–Crippen LogP) is 2.23.